The second-order valence-corrected chi connectivity index (χ2v) is 28.9. The first-order chi connectivity index (χ1) is 48.7. The Kier molecular flexibility index (Phi) is 28.6. The van der Waals surface area contributed by atoms with Crippen LogP contribution in [0.1, 0.15) is 95.6 Å². The molecule has 5 aliphatic rings. The van der Waals surface area contributed by atoms with E-state index in [1.165, 1.54) is 52.8 Å². The normalized spacial score (nSPS) is 17.2. The quantitative estimate of drug-likeness (QED) is 0.0404. The number of halogens is 9. The average molecular weight is 1780 g/mol. The van der Waals surface area contributed by atoms with Crippen molar-refractivity contribution < 1.29 is 82.8 Å². The summed E-state index contributed by atoms with van der Waals surface area (Å²) in [4.78, 5) is 74.8. The van der Waals surface area contributed by atoms with Crippen molar-refractivity contribution >= 4 is 157 Å². The van der Waals surface area contributed by atoms with Crippen molar-refractivity contribution in [3.63, 3.8) is 0 Å². The van der Waals surface area contributed by atoms with E-state index in [4.69, 9.17) is 9.31 Å². The average Bonchev–Trinajstić information content (AvgIpc) is 1.59. The monoisotopic (exact) mass is 1770 g/mol. The number of fused-ring (bicyclic) bond motifs is 4. The van der Waals surface area contributed by atoms with Crippen LogP contribution in [0.2, 0.25) is 0 Å². The summed E-state index contributed by atoms with van der Waals surface area (Å²) in [5, 5.41) is 32.1. The summed E-state index contributed by atoms with van der Waals surface area (Å²) in [6.45, 7) is 11.3. The molecule has 8 aromatic carbocycles. The molecule has 0 saturated carbocycles. The molecule has 1 fully saturated rings. The summed E-state index contributed by atoms with van der Waals surface area (Å²) in [5.41, 5.74) is 4.93. The minimum Gasteiger partial charge on any atom is -1.00 e. The molecule has 0 radical (unpaired) electrons. The zero-order valence-electron chi connectivity index (χ0n) is 58.8. The van der Waals surface area contributed by atoms with Crippen molar-refractivity contribution in [2.75, 3.05) is 20.0 Å². The number of ketones is 2. The number of Topliss-reactive ketones (excluding diaryl/α,β-unsaturated/α-hetero) is 2. The van der Waals surface area contributed by atoms with Gasteiger partial charge in [-0.3, -0.25) is 38.1 Å². The Bertz CT molecular complexity index is 4930. The molecule has 18 nitrogen and oxygen atoms in total. The van der Waals surface area contributed by atoms with Crippen LogP contribution in [0.25, 0.3) is 11.1 Å². The van der Waals surface area contributed by atoms with Crippen LogP contribution in [0, 0.1) is 30.7 Å². The molecule has 5 aliphatic heterocycles. The second-order valence-electron chi connectivity index (χ2n) is 25.6. The van der Waals surface area contributed by atoms with Gasteiger partial charge in [-0.1, -0.05) is 155 Å². The van der Waals surface area contributed by atoms with Crippen molar-refractivity contribution in [2.45, 2.75) is 88.9 Å². The van der Waals surface area contributed by atoms with Crippen LogP contribution in [0.4, 0.5) is 40.3 Å². The van der Waals surface area contributed by atoms with Crippen LogP contribution in [0.5, 0.6) is 0 Å². The molecule has 7 heterocycles. The molecular weight excluding hydrogens is 1710 g/mol. The maximum Gasteiger partial charge on any atom is 2.00 e. The molecule has 0 aliphatic carbocycles. The van der Waals surface area contributed by atoms with E-state index in [0.717, 1.165) is 21.1 Å². The molecule has 1 saturated heterocycles. The third-order valence-electron chi connectivity index (χ3n) is 17.8. The number of alkyl halides is 1. The van der Waals surface area contributed by atoms with Gasteiger partial charge in [-0.05, 0) is 132 Å². The molecular formula is C77H70BBr5F4MgN8O10. The summed E-state index contributed by atoms with van der Waals surface area (Å²) in [7, 11) is 3.38. The molecule has 106 heavy (non-hydrogen) atoms. The number of rotatable bonds is 9. The number of hydrogen-bond donors (Lipinski definition) is 3. The van der Waals surface area contributed by atoms with Crippen molar-refractivity contribution in [1.82, 2.24) is 19.6 Å². The third kappa shape index (κ3) is 18.8. The van der Waals surface area contributed by atoms with E-state index >= 15 is 0 Å². The van der Waals surface area contributed by atoms with Gasteiger partial charge in [0.2, 0.25) is 0 Å². The molecule has 4 amide bonds. The predicted octanol–water partition coefficient (Wildman–Crippen LogP) is 11.7. The molecule has 546 valence electrons. The van der Waals surface area contributed by atoms with E-state index in [-0.39, 0.29) is 97.1 Å². The first kappa shape index (κ1) is 85.4. The fraction of sp³-hybridized carbons (Fsp3) is 0.208. The molecule has 0 bridgehead atoms. The molecule has 3 N–H and O–H groups in total. The molecule has 10 aromatic rings. The van der Waals surface area contributed by atoms with Gasteiger partial charge in [0.15, 0.2) is 11.2 Å². The SMILES string of the molecule is CC1(O)C(=O)N(Cc2ccc(Br)cc2F)c2ccccc21.Cn1cc(-c2ccc(CN3C(=O)C(C)(O)c4ccccc43)c(F)c2)cn1.Cn1cc(B2OC(C)(C)C(C)(C)O2)cn1.Fc1cc(Br)ccc1CBr.O=C1C(=O)N(Cc2ccc(Br)cc2F)c2ccccc21.O=C1Nc2ccccc2C1=O.[Br-].[CH3-].[Mg+2]. The summed E-state index contributed by atoms with van der Waals surface area (Å²) in [5.74, 6) is -4.40. The molecule has 2 unspecified atom stereocenters. The van der Waals surface area contributed by atoms with E-state index in [1.807, 2.05) is 53.2 Å². The summed E-state index contributed by atoms with van der Waals surface area (Å²) in [6.07, 6.45) is 7.18. The first-order valence-corrected chi connectivity index (χ1v) is 35.4. The Morgan fingerprint density at radius 2 is 0.896 bits per heavy atom. The van der Waals surface area contributed by atoms with E-state index in [9.17, 15) is 56.5 Å². The first-order valence-electron chi connectivity index (χ1n) is 31.9. The molecule has 0 spiro atoms. The van der Waals surface area contributed by atoms with Gasteiger partial charge in [0.05, 0.1) is 70.9 Å². The zero-order chi connectivity index (χ0) is 74.6. The van der Waals surface area contributed by atoms with E-state index in [2.05, 4.69) is 79.2 Å². The third-order valence-corrected chi connectivity index (χ3v) is 19.9. The van der Waals surface area contributed by atoms with Gasteiger partial charge in [0.1, 0.15) is 23.3 Å². The minimum atomic E-state index is -1.59. The number of nitrogens with one attached hydrogen (secondary N) is 1. The van der Waals surface area contributed by atoms with Gasteiger partial charge in [-0.2, -0.15) is 10.2 Å². The van der Waals surface area contributed by atoms with Gasteiger partial charge in [0.25, 0.3) is 35.2 Å². The minimum absolute atomic E-state index is 0. The number of aromatic nitrogens is 4. The number of hydrogen-bond acceptors (Lipinski definition) is 12. The van der Waals surface area contributed by atoms with Crippen LogP contribution >= 0.6 is 63.7 Å². The van der Waals surface area contributed by atoms with E-state index in [0.29, 0.717) is 81.5 Å². The number of amides is 4. The number of nitrogens with zero attached hydrogens (tertiary/aromatic N) is 7. The summed E-state index contributed by atoms with van der Waals surface area (Å²) < 4.78 is 72.5. The number of aliphatic hydroxyl groups is 2. The molecule has 15 rings (SSSR count). The molecule has 2 atom stereocenters. The number of carbonyl (C=O) groups excluding carboxylic acids is 6. The molecule has 29 heteroatoms. The fourth-order valence-electron chi connectivity index (χ4n) is 11.4. The number of aryl methyl sites for hydroxylation is 2. The van der Waals surface area contributed by atoms with Crippen LogP contribution < -0.4 is 42.5 Å². The number of anilines is 4. The topological polar surface area (TPSA) is 219 Å². The predicted molar refractivity (Wildman–Crippen MR) is 410 cm³/mol. The van der Waals surface area contributed by atoms with Crippen LogP contribution in [0.3, 0.4) is 0 Å². The van der Waals surface area contributed by atoms with Gasteiger partial charge in [0, 0.05) is 90.3 Å². The van der Waals surface area contributed by atoms with E-state index < -0.39 is 58.0 Å². The Balaban J connectivity index is 0.000000181. The van der Waals surface area contributed by atoms with Gasteiger partial charge in [-0.15, -0.1) is 0 Å². The standard InChI is InChI=1S/C20H18FN3O2.C16H13BrFNO2.C15H9BrFNO2.C10H17BN2O2.C8H5NO2.C7H5Br2F.CH3.BrH.Mg/c1-20(26)16-5-3-4-6-18(16)24(19(20)25)12-14-8-7-13(9-17(14)21)15-10-22-23(2)11-15;1-16(21)12-4-2-3-5-14(12)19(15(16)20)9-10-6-7-11(17)8-13(10)18;16-10-6-5-9(12(17)7-10)8-18-13-4-2-1-3-11(13)14(19)15(18)20;1-9(2)10(3,4)15-11(14-9)8-6-12-13(5)7-8;10-7-5-3-1-2-4-6(5)9-8(7)11;8-4-5-1-2-6(9)3-7(5)10;;;/h3-11,26H,12H2,1-2H3;2-8,21H,9H2,1H3;1-7H,8H2;6-7H,1-5H3;1-4H,(H,9,10,11);1-3H,4H2;1H3;1H;/q;;;;;;-1;;+2/p-1. The van der Waals surface area contributed by atoms with Gasteiger partial charge in [-0.25, -0.2) is 17.6 Å². The number of carbonyl (C=O) groups is 6. The number of para-hydroxylation sites is 4. The Labute approximate surface area is 671 Å². The van der Waals surface area contributed by atoms with Crippen molar-refractivity contribution in [2.24, 2.45) is 14.1 Å². The maximum atomic E-state index is 14.7. The number of benzene rings is 8. The Morgan fingerprint density at radius 1 is 0.491 bits per heavy atom. The summed E-state index contributed by atoms with van der Waals surface area (Å²) >= 11 is 12.7. The van der Waals surface area contributed by atoms with Gasteiger partial charge < -0.3 is 63.9 Å². The van der Waals surface area contributed by atoms with Crippen LogP contribution in [-0.2, 0) is 78.7 Å². The van der Waals surface area contributed by atoms with Crippen molar-refractivity contribution in [3.8, 4) is 11.1 Å². The van der Waals surface area contributed by atoms with Crippen molar-refractivity contribution in [3.05, 3.63) is 283 Å². The van der Waals surface area contributed by atoms with Crippen molar-refractivity contribution in [1.29, 1.82) is 0 Å². The Hall–Kier alpha value is -7.81. The van der Waals surface area contributed by atoms with Gasteiger partial charge >= 0.3 is 30.2 Å². The molecule has 2 aromatic heterocycles. The largest absolute Gasteiger partial charge is 2.00 e. The fourth-order valence-corrected chi connectivity index (χ4v) is 12.9. The zero-order valence-corrected chi connectivity index (χ0v) is 68.1. The van der Waals surface area contributed by atoms with E-state index in [1.54, 1.807) is 168 Å². The maximum absolute atomic E-state index is 14.7. The second kappa shape index (κ2) is 35.5. The summed E-state index contributed by atoms with van der Waals surface area (Å²) in [6, 6.07) is 46.9. The Morgan fingerprint density at radius 3 is 1.33 bits per heavy atom. The van der Waals surface area contributed by atoms with Crippen LogP contribution in [-0.4, -0.2) is 106 Å². The smallest absolute Gasteiger partial charge is 1.00 e. The van der Waals surface area contributed by atoms with Crippen LogP contribution in [0.15, 0.2) is 208 Å².